The molecule has 2 heterocycles. The molecule has 2 aromatic rings. The van der Waals surface area contributed by atoms with Crippen molar-refractivity contribution in [1.82, 2.24) is 9.97 Å². The van der Waals surface area contributed by atoms with Crippen molar-refractivity contribution >= 4 is 17.7 Å². The van der Waals surface area contributed by atoms with Gasteiger partial charge in [0.15, 0.2) is 11.6 Å². The Morgan fingerprint density at radius 1 is 1.44 bits per heavy atom. The molecule has 2 aromatic heterocycles. The summed E-state index contributed by atoms with van der Waals surface area (Å²) in [5.74, 6) is -1.38. The normalized spacial score (nSPS) is 10.1. The van der Waals surface area contributed by atoms with Gasteiger partial charge >= 0.3 is 5.97 Å². The molecule has 0 aliphatic rings. The van der Waals surface area contributed by atoms with Crippen LogP contribution < -0.4 is 5.32 Å². The van der Waals surface area contributed by atoms with Crippen molar-refractivity contribution in [3.8, 4) is 11.4 Å². The van der Waals surface area contributed by atoms with Crippen LogP contribution in [-0.4, -0.2) is 27.0 Å². The van der Waals surface area contributed by atoms with Gasteiger partial charge in [0.25, 0.3) is 0 Å². The number of aromatic nitrogens is 2. The van der Waals surface area contributed by atoms with Gasteiger partial charge in [-0.3, -0.25) is 4.79 Å². The number of rotatable bonds is 3. The van der Waals surface area contributed by atoms with E-state index in [2.05, 4.69) is 15.3 Å². The number of carboxylic acid groups (broad SMARTS) is 1. The second-order valence-electron chi connectivity index (χ2n) is 3.45. The number of nitrogens with one attached hydrogen (secondary N) is 1. The minimum absolute atomic E-state index is 0.0406. The molecule has 0 bridgehead atoms. The Balaban J connectivity index is 2.48. The maximum atomic E-state index is 11.0. The number of hydrogen-bond donors (Lipinski definition) is 2. The summed E-state index contributed by atoms with van der Waals surface area (Å²) in [5, 5.41) is 11.3. The third-order valence-electron chi connectivity index (χ3n) is 2.09. The molecule has 0 saturated heterocycles. The Hall–Kier alpha value is -2.70. The number of carbonyl (C=O) groups excluding carboxylic acids is 1. The zero-order valence-electron chi connectivity index (χ0n) is 9.38. The molecule has 7 heteroatoms. The van der Waals surface area contributed by atoms with Gasteiger partial charge in [0.05, 0.1) is 11.8 Å². The van der Waals surface area contributed by atoms with Crippen molar-refractivity contribution in [3.63, 3.8) is 0 Å². The maximum absolute atomic E-state index is 11.0. The van der Waals surface area contributed by atoms with Gasteiger partial charge in [-0.15, -0.1) is 0 Å². The first-order valence-corrected chi connectivity index (χ1v) is 4.98. The van der Waals surface area contributed by atoms with Crippen LogP contribution in [0.3, 0.4) is 0 Å². The van der Waals surface area contributed by atoms with Gasteiger partial charge in [-0.05, 0) is 6.07 Å². The van der Waals surface area contributed by atoms with Crippen molar-refractivity contribution in [2.24, 2.45) is 0 Å². The van der Waals surface area contributed by atoms with E-state index in [1.807, 2.05) is 0 Å². The highest BCUT2D eigenvalue weighted by Gasteiger charge is 2.15. The van der Waals surface area contributed by atoms with Crippen molar-refractivity contribution in [2.75, 3.05) is 5.32 Å². The van der Waals surface area contributed by atoms with Gasteiger partial charge in [-0.1, -0.05) is 0 Å². The molecule has 0 aliphatic carbocycles. The average molecular weight is 247 g/mol. The third-order valence-corrected chi connectivity index (χ3v) is 2.09. The Labute approximate surface area is 101 Å². The Kier molecular flexibility index (Phi) is 3.05. The molecule has 0 spiro atoms. The summed E-state index contributed by atoms with van der Waals surface area (Å²) in [5.41, 5.74) is 0.427. The van der Waals surface area contributed by atoms with E-state index in [0.717, 1.165) is 6.20 Å². The lowest BCUT2D eigenvalue weighted by atomic mass is 10.2. The zero-order chi connectivity index (χ0) is 13.1. The topological polar surface area (TPSA) is 105 Å². The fourth-order valence-corrected chi connectivity index (χ4v) is 1.33. The highest BCUT2D eigenvalue weighted by Crippen LogP contribution is 2.19. The Morgan fingerprint density at radius 2 is 2.22 bits per heavy atom. The fraction of sp³-hybridized carbons (Fsp3) is 0.0909. The number of nitrogens with zero attached hydrogens (tertiary/aromatic N) is 2. The zero-order valence-corrected chi connectivity index (χ0v) is 9.38. The monoisotopic (exact) mass is 247 g/mol. The quantitative estimate of drug-likeness (QED) is 0.849. The van der Waals surface area contributed by atoms with E-state index in [0.29, 0.717) is 5.56 Å². The predicted molar refractivity (Wildman–Crippen MR) is 61.0 cm³/mol. The molecule has 0 atom stereocenters. The predicted octanol–water partition coefficient (Wildman–Crippen LogP) is 1.39. The molecule has 2 rings (SSSR count). The highest BCUT2D eigenvalue weighted by atomic mass is 16.4. The number of furan rings is 1. The molecule has 0 saturated carbocycles. The summed E-state index contributed by atoms with van der Waals surface area (Å²) in [6.45, 7) is 1.27. The summed E-state index contributed by atoms with van der Waals surface area (Å²) >= 11 is 0. The van der Waals surface area contributed by atoms with E-state index in [1.54, 1.807) is 6.07 Å². The van der Waals surface area contributed by atoms with Gasteiger partial charge in [0.2, 0.25) is 5.91 Å². The van der Waals surface area contributed by atoms with Crippen LogP contribution in [-0.2, 0) is 4.79 Å². The average Bonchev–Trinajstić information content (AvgIpc) is 2.81. The smallest absolute Gasteiger partial charge is 0.341 e. The van der Waals surface area contributed by atoms with E-state index in [4.69, 9.17) is 9.52 Å². The number of amides is 1. The van der Waals surface area contributed by atoms with Gasteiger partial charge in [-0.2, -0.15) is 0 Å². The summed E-state index contributed by atoms with van der Waals surface area (Å²) in [6.07, 6.45) is 4.01. The number of anilines is 1. The number of carbonyl (C=O) groups is 2. The molecule has 1 amide bonds. The molecule has 7 nitrogen and oxygen atoms in total. The van der Waals surface area contributed by atoms with E-state index in [1.165, 1.54) is 19.5 Å². The number of aromatic carboxylic acids is 1. The molecule has 92 valence electrons. The molecular formula is C11H9N3O4. The first kappa shape index (κ1) is 11.8. The molecular weight excluding hydrogens is 238 g/mol. The molecule has 0 aromatic carbocycles. The Morgan fingerprint density at radius 3 is 2.78 bits per heavy atom. The molecule has 18 heavy (non-hydrogen) atoms. The van der Waals surface area contributed by atoms with Crippen LogP contribution in [0.2, 0.25) is 0 Å². The third kappa shape index (κ3) is 2.34. The lowest BCUT2D eigenvalue weighted by Crippen LogP contribution is -2.13. The summed E-state index contributed by atoms with van der Waals surface area (Å²) in [7, 11) is 0. The fourth-order valence-electron chi connectivity index (χ4n) is 1.33. The molecule has 0 fully saturated rings. The minimum Gasteiger partial charge on any atom is -0.477 e. The summed E-state index contributed by atoms with van der Waals surface area (Å²) in [6, 6.07) is 1.63. The lowest BCUT2D eigenvalue weighted by Gasteiger charge is -2.06. The van der Waals surface area contributed by atoms with Gasteiger partial charge in [-0.25, -0.2) is 14.8 Å². The standard InChI is InChI=1S/C11H9N3O4/c1-6(15)13-10-8(11(16)17)4-12-9(14-10)7-2-3-18-5-7/h2-5H,1H3,(H,16,17)(H,12,13,14,15). The van der Waals surface area contributed by atoms with Crippen LogP contribution in [0.5, 0.6) is 0 Å². The van der Waals surface area contributed by atoms with Gasteiger partial charge in [0.1, 0.15) is 11.8 Å². The highest BCUT2D eigenvalue weighted by molar-refractivity contribution is 5.98. The van der Waals surface area contributed by atoms with Crippen LogP contribution in [0.4, 0.5) is 5.82 Å². The van der Waals surface area contributed by atoms with Gasteiger partial charge in [0, 0.05) is 13.1 Å². The second-order valence-corrected chi connectivity index (χ2v) is 3.45. The lowest BCUT2D eigenvalue weighted by molar-refractivity contribution is -0.114. The number of carboxylic acids is 1. The Bertz CT molecular complexity index is 592. The molecule has 0 aliphatic heterocycles. The van der Waals surface area contributed by atoms with Crippen molar-refractivity contribution in [1.29, 1.82) is 0 Å². The van der Waals surface area contributed by atoms with Crippen LogP contribution in [0.15, 0.2) is 29.2 Å². The largest absolute Gasteiger partial charge is 0.477 e. The van der Waals surface area contributed by atoms with Crippen LogP contribution >= 0.6 is 0 Å². The number of hydrogen-bond acceptors (Lipinski definition) is 5. The minimum atomic E-state index is -1.21. The SMILES string of the molecule is CC(=O)Nc1nc(-c2ccoc2)ncc1C(=O)O. The van der Waals surface area contributed by atoms with Crippen LogP contribution in [0.25, 0.3) is 11.4 Å². The van der Waals surface area contributed by atoms with Crippen molar-refractivity contribution in [2.45, 2.75) is 6.92 Å². The molecule has 0 unspecified atom stereocenters. The first-order valence-electron chi connectivity index (χ1n) is 4.98. The van der Waals surface area contributed by atoms with E-state index < -0.39 is 11.9 Å². The van der Waals surface area contributed by atoms with Crippen molar-refractivity contribution < 1.29 is 19.1 Å². The summed E-state index contributed by atoms with van der Waals surface area (Å²) in [4.78, 5) is 29.9. The molecule has 0 radical (unpaired) electrons. The van der Waals surface area contributed by atoms with Crippen LogP contribution in [0, 0.1) is 0 Å². The van der Waals surface area contributed by atoms with Gasteiger partial charge < -0.3 is 14.8 Å². The van der Waals surface area contributed by atoms with E-state index >= 15 is 0 Å². The second kappa shape index (κ2) is 4.66. The molecule has 2 N–H and O–H groups in total. The van der Waals surface area contributed by atoms with Crippen molar-refractivity contribution in [3.05, 3.63) is 30.4 Å². The van der Waals surface area contributed by atoms with E-state index in [9.17, 15) is 9.59 Å². The first-order chi connectivity index (χ1) is 8.58. The summed E-state index contributed by atoms with van der Waals surface area (Å²) < 4.78 is 4.88. The maximum Gasteiger partial charge on any atom is 0.341 e. The van der Waals surface area contributed by atoms with E-state index in [-0.39, 0.29) is 17.2 Å². The van der Waals surface area contributed by atoms with Crippen LogP contribution in [0.1, 0.15) is 17.3 Å².